The van der Waals surface area contributed by atoms with Crippen LogP contribution < -0.4 is 4.74 Å². The minimum absolute atomic E-state index is 0. The van der Waals surface area contributed by atoms with E-state index in [9.17, 15) is 9.90 Å². The van der Waals surface area contributed by atoms with Crippen LogP contribution in [-0.2, 0) is 6.42 Å². The molecule has 3 rings (SSSR count). The van der Waals surface area contributed by atoms with Gasteiger partial charge in [0.05, 0.1) is 12.2 Å². The van der Waals surface area contributed by atoms with E-state index in [2.05, 4.69) is 25.7 Å². The lowest BCUT2D eigenvalue weighted by molar-refractivity contribution is 0.103. The van der Waals surface area contributed by atoms with Crippen LogP contribution in [0.1, 0.15) is 87.4 Å². The second-order valence-corrected chi connectivity index (χ2v) is 9.29. The summed E-state index contributed by atoms with van der Waals surface area (Å²) < 4.78 is 12.0. The molecule has 36 heavy (non-hydrogen) atoms. The maximum atomic E-state index is 13.4. The molecule has 1 N–H and O–H groups in total. The number of furan rings is 1. The SMILES string of the molecule is CCCCc1oc2ccc(O)cc2c1C(=O)c1ccc(OCCCN(CCCC)CCCC)cc1.Cl. The zero-order valence-corrected chi connectivity index (χ0v) is 22.9. The number of phenols is 1. The molecule has 0 amide bonds. The van der Waals surface area contributed by atoms with E-state index in [1.807, 2.05) is 24.3 Å². The molecule has 0 saturated heterocycles. The average molecular weight is 516 g/mol. The van der Waals surface area contributed by atoms with Crippen LogP contribution in [0, 0.1) is 0 Å². The first-order valence-electron chi connectivity index (χ1n) is 13.3. The maximum absolute atomic E-state index is 13.4. The number of hydrogen-bond acceptors (Lipinski definition) is 5. The molecule has 1 aromatic heterocycles. The molecule has 198 valence electrons. The maximum Gasteiger partial charge on any atom is 0.197 e. The number of benzene rings is 2. The van der Waals surface area contributed by atoms with Crippen molar-refractivity contribution in [3.05, 3.63) is 59.4 Å². The standard InChI is InChI=1S/C30H41NO4.ClH/c1-4-7-11-28-29(26-22-24(32)14-17-27(26)35-28)30(33)23-12-15-25(16-13-23)34-21-10-20-31(18-8-5-2)19-9-6-3;/h12-17,22,32H,4-11,18-21H2,1-3H3;1H. The van der Waals surface area contributed by atoms with E-state index in [-0.39, 0.29) is 23.9 Å². The molecule has 2 aromatic carbocycles. The van der Waals surface area contributed by atoms with E-state index in [0.29, 0.717) is 40.9 Å². The van der Waals surface area contributed by atoms with Crippen molar-refractivity contribution in [3.8, 4) is 11.5 Å². The van der Waals surface area contributed by atoms with Crippen molar-refractivity contribution in [2.24, 2.45) is 0 Å². The molecule has 6 heteroatoms. The Labute approximate surface area is 222 Å². The largest absolute Gasteiger partial charge is 0.508 e. The quantitative estimate of drug-likeness (QED) is 0.156. The summed E-state index contributed by atoms with van der Waals surface area (Å²) in [7, 11) is 0. The topological polar surface area (TPSA) is 62.9 Å². The van der Waals surface area contributed by atoms with Gasteiger partial charge in [0.25, 0.3) is 0 Å². The van der Waals surface area contributed by atoms with Crippen LogP contribution in [-0.4, -0.2) is 42.0 Å². The van der Waals surface area contributed by atoms with Crippen molar-refractivity contribution in [3.63, 3.8) is 0 Å². The van der Waals surface area contributed by atoms with Crippen molar-refractivity contribution in [2.75, 3.05) is 26.2 Å². The van der Waals surface area contributed by atoms with E-state index in [1.54, 1.807) is 18.2 Å². The summed E-state index contributed by atoms with van der Waals surface area (Å²) in [6.45, 7) is 10.6. The number of ketones is 1. The molecular weight excluding hydrogens is 474 g/mol. The van der Waals surface area contributed by atoms with Gasteiger partial charge in [-0.1, -0.05) is 40.0 Å². The van der Waals surface area contributed by atoms with Crippen LogP contribution >= 0.6 is 12.4 Å². The van der Waals surface area contributed by atoms with Gasteiger partial charge < -0.3 is 19.2 Å². The highest BCUT2D eigenvalue weighted by Crippen LogP contribution is 2.32. The number of fused-ring (bicyclic) bond motifs is 1. The van der Waals surface area contributed by atoms with E-state index in [0.717, 1.165) is 44.6 Å². The Balaban J connectivity index is 0.00000456. The van der Waals surface area contributed by atoms with Crippen molar-refractivity contribution in [1.29, 1.82) is 0 Å². The normalized spacial score (nSPS) is 11.1. The molecule has 3 aromatic rings. The van der Waals surface area contributed by atoms with Gasteiger partial charge in [-0.05, 0) is 81.2 Å². The molecule has 0 fully saturated rings. The number of hydrogen-bond donors (Lipinski definition) is 1. The third kappa shape index (κ3) is 8.28. The van der Waals surface area contributed by atoms with E-state index in [4.69, 9.17) is 9.15 Å². The smallest absolute Gasteiger partial charge is 0.197 e. The number of carbonyl (C=O) groups excluding carboxylic acids is 1. The Morgan fingerprint density at radius 2 is 1.53 bits per heavy atom. The third-order valence-corrected chi connectivity index (χ3v) is 6.39. The number of carbonyl (C=O) groups is 1. The minimum atomic E-state index is -0.0884. The fourth-order valence-corrected chi connectivity index (χ4v) is 4.32. The zero-order chi connectivity index (χ0) is 25.0. The Hall–Kier alpha value is -2.50. The summed E-state index contributed by atoms with van der Waals surface area (Å²) >= 11 is 0. The minimum Gasteiger partial charge on any atom is -0.508 e. The molecule has 0 radical (unpaired) electrons. The first-order valence-corrected chi connectivity index (χ1v) is 13.3. The molecule has 0 spiro atoms. The fraction of sp³-hybridized carbons (Fsp3) is 0.500. The molecule has 1 heterocycles. The van der Waals surface area contributed by atoms with Crippen molar-refractivity contribution in [1.82, 2.24) is 4.90 Å². The predicted molar refractivity (Wildman–Crippen MR) is 150 cm³/mol. The van der Waals surface area contributed by atoms with Crippen molar-refractivity contribution in [2.45, 2.75) is 72.1 Å². The number of unbranched alkanes of at least 4 members (excludes halogenated alkanes) is 3. The van der Waals surface area contributed by atoms with Crippen LogP contribution in [0.25, 0.3) is 11.0 Å². The second-order valence-electron chi connectivity index (χ2n) is 9.29. The molecule has 5 nitrogen and oxygen atoms in total. The van der Waals surface area contributed by atoms with Crippen LogP contribution in [0.5, 0.6) is 11.5 Å². The number of ether oxygens (including phenoxy) is 1. The average Bonchev–Trinajstić information content (AvgIpc) is 3.23. The number of rotatable bonds is 16. The summed E-state index contributed by atoms with van der Waals surface area (Å²) in [5.41, 5.74) is 1.77. The summed E-state index contributed by atoms with van der Waals surface area (Å²) in [5, 5.41) is 10.6. The van der Waals surface area contributed by atoms with Gasteiger partial charge in [0, 0.05) is 23.9 Å². The molecule has 0 bridgehead atoms. The number of aromatic hydroxyl groups is 1. The molecular formula is C30H42ClNO4. The molecule has 0 aliphatic carbocycles. The summed E-state index contributed by atoms with van der Waals surface area (Å²) in [4.78, 5) is 16.0. The van der Waals surface area contributed by atoms with E-state index < -0.39 is 0 Å². The molecule has 0 aliphatic rings. The Bertz CT molecular complexity index is 1050. The lowest BCUT2D eigenvalue weighted by Gasteiger charge is -2.21. The van der Waals surface area contributed by atoms with Gasteiger partial charge in [0.15, 0.2) is 5.78 Å². The molecule has 0 aliphatic heterocycles. The highest BCUT2D eigenvalue weighted by atomic mass is 35.5. The van der Waals surface area contributed by atoms with Crippen LogP contribution in [0.3, 0.4) is 0 Å². The number of halogens is 1. The number of nitrogens with zero attached hydrogens (tertiary/aromatic N) is 1. The Kier molecular flexibility index (Phi) is 12.9. The first kappa shape index (κ1) is 29.7. The number of phenolic OH excluding ortho intramolecular Hbond substituents is 1. The van der Waals surface area contributed by atoms with Gasteiger partial charge in [-0.25, -0.2) is 0 Å². The predicted octanol–water partition coefficient (Wildman–Crippen LogP) is 7.80. The Morgan fingerprint density at radius 3 is 2.17 bits per heavy atom. The third-order valence-electron chi connectivity index (χ3n) is 6.39. The molecule has 0 unspecified atom stereocenters. The van der Waals surface area contributed by atoms with E-state index >= 15 is 0 Å². The summed E-state index contributed by atoms with van der Waals surface area (Å²) in [5.74, 6) is 1.50. The number of aryl methyl sites for hydroxylation is 1. The first-order chi connectivity index (χ1) is 17.1. The van der Waals surface area contributed by atoms with Crippen LogP contribution in [0.4, 0.5) is 0 Å². The van der Waals surface area contributed by atoms with Gasteiger partial charge in [-0.2, -0.15) is 0 Å². The van der Waals surface area contributed by atoms with Crippen molar-refractivity contribution >= 4 is 29.2 Å². The van der Waals surface area contributed by atoms with Gasteiger partial charge in [-0.15, -0.1) is 12.4 Å². The Morgan fingerprint density at radius 1 is 0.889 bits per heavy atom. The zero-order valence-electron chi connectivity index (χ0n) is 22.1. The highest BCUT2D eigenvalue weighted by Gasteiger charge is 2.22. The fourth-order valence-electron chi connectivity index (χ4n) is 4.32. The lowest BCUT2D eigenvalue weighted by atomic mass is 9.98. The monoisotopic (exact) mass is 515 g/mol. The van der Waals surface area contributed by atoms with Crippen LogP contribution in [0.15, 0.2) is 46.9 Å². The highest BCUT2D eigenvalue weighted by molar-refractivity contribution is 6.17. The van der Waals surface area contributed by atoms with E-state index in [1.165, 1.54) is 25.7 Å². The summed E-state index contributed by atoms with van der Waals surface area (Å²) in [6.07, 6.45) is 8.56. The van der Waals surface area contributed by atoms with Gasteiger partial charge in [0.1, 0.15) is 22.8 Å². The second kappa shape index (κ2) is 15.6. The van der Waals surface area contributed by atoms with Gasteiger partial charge in [0.2, 0.25) is 0 Å². The lowest BCUT2D eigenvalue weighted by Crippen LogP contribution is -2.28. The van der Waals surface area contributed by atoms with Crippen molar-refractivity contribution < 1.29 is 19.1 Å². The van der Waals surface area contributed by atoms with Crippen LogP contribution in [0.2, 0.25) is 0 Å². The molecule has 0 atom stereocenters. The van der Waals surface area contributed by atoms with Gasteiger partial charge in [-0.3, -0.25) is 4.79 Å². The molecule has 0 saturated carbocycles. The summed E-state index contributed by atoms with van der Waals surface area (Å²) in [6, 6.07) is 12.3. The van der Waals surface area contributed by atoms with Gasteiger partial charge >= 0.3 is 0 Å².